The number of ketones is 2. The van der Waals surface area contributed by atoms with Crippen LogP contribution in [0.25, 0.3) is 0 Å². The van der Waals surface area contributed by atoms with Gasteiger partial charge in [-0.3, -0.25) is 57.6 Å². The number of urea groups is 1. The number of nitrogens with zero attached hydrogens (tertiary/aromatic N) is 3. The summed E-state index contributed by atoms with van der Waals surface area (Å²) in [5.41, 5.74) is 5.05. The highest BCUT2D eigenvalue weighted by Crippen LogP contribution is 2.66. The van der Waals surface area contributed by atoms with Crippen LogP contribution in [0.4, 0.5) is 4.79 Å². The van der Waals surface area contributed by atoms with Gasteiger partial charge in [-0.25, -0.2) is 4.79 Å². The predicted octanol–water partition coefficient (Wildman–Crippen LogP) is 4.99. The normalized spacial score (nSPS) is 29.5. The number of piperidine rings is 3. The van der Waals surface area contributed by atoms with Gasteiger partial charge >= 0.3 is 6.03 Å². The molecule has 88 heavy (non-hydrogen) atoms. The van der Waals surface area contributed by atoms with Gasteiger partial charge in [0, 0.05) is 45.6 Å². The van der Waals surface area contributed by atoms with Crippen LogP contribution in [0.15, 0.2) is 25.3 Å². The van der Waals surface area contributed by atoms with Crippen molar-refractivity contribution in [3.63, 3.8) is 0 Å². The lowest BCUT2D eigenvalue weighted by Gasteiger charge is -2.40. The van der Waals surface area contributed by atoms with Crippen LogP contribution in [0.1, 0.15) is 191 Å². The number of rotatable bonds is 12. The lowest BCUT2D eigenvalue weighted by Crippen LogP contribution is -2.61. The number of hydrogen-bond acceptors (Lipinski definition) is 13. The first-order chi connectivity index (χ1) is 41.4. The van der Waals surface area contributed by atoms with Gasteiger partial charge in [-0.2, -0.15) is 0 Å². The lowest BCUT2D eigenvalue weighted by atomic mass is 9.80. The Balaban J connectivity index is 0.000000335. The Hall–Kier alpha value is -6.52. The molecule has 5 saturated heterocycles. The van der Waals surface area contributed by atoms with E-state index in [4.69, 9.17) is 15.6 Å². The number of carbonyl (C=O) groups is 12. The monoisotopic (exact) mass is 1230 g/mol. The van der Waals surface area contributed by atoms with Crippen LogP contribution >= 0.6 is 0 Å². The molecule has 10 amide bonds. The summed E-state index contributed by atoms with van der Waals surface area (Å²) in [5, 5.41) is 23.5. The summed E-state index contributed by atoms with van der Waals surface area (Å²) in [5.74, 6) is -4.57. The quantitative estimate of drug-likeness (QED) is 0.0553. The van der Waals surface area contributed by atoms with Gasteiger partial charge in [0.2, 0.25) is 47.0 Å². The minimum atomic E-state index is -1.03. The fraction of sp³-hybridized carbons (Fsp3) is 0.754. The minimum absolute atomic E-state index is 0.0155. The number of carbonyl (C=O) groups excluding carboxylic acids is 11. The summed E-state index contributed by atoms with van der Waals surface area (Å²) < 4.78 is 0. The summed E-state index contributed by atoms with van der Waals surface area (Å²) in [7, 11) is 0. The third-order valence-corrected chi connectivity index (χ3v) is 19.5. The van der Waals surface area contributed by atoms with Crippen molar-refractivity contribution in [2.24, 2.45) is 51.1 Å². The van der Waals surface area contributed by atoms with Crippen LogP contribution < -0.4 is 37.6 Å². The number of fused-ring (bicyclic) bond motifs is 6. The third kappa shape index (κ3) is 18.8. The second-order valence-electron chi connectivity index (χ2n) is 28.4. The van der Waals surface area contributed by atoms with Gasteiger partial charge in [-0.1, -0.05) is 164 Å². The Morgan fingerprint density at radius 2 is 1.00 bits per heavy atom. The molecule has 0 aromatic heterocycles. The van der Waals surface area contributed by atoms with Crippen LogP contribution in [0.5, 0.6) is 0 Å². The maximum atomic E-state index is 14.4. The molecule has 9 N–H and O–H groups in total. The first kappa shape index (κ1) is 72.2. The van der Waals surface area contributed by atoms with E-state index >= 15 is 0 Å². The second-order valence-corrected chi connectivity index (χ2v) is 28.4. The van der Waals surface area contributed by atoms with E-state index in [0.717, 1.165) is 77.0 Å². The standard InChI is InChI=1S/C39H62N6O7.C25H40N4O4.CH2O2/c1-9-19-40-34(50)32(48)25-17-15-13-11-10-12-14-16-18-26(35(51)45-22-24-30(39(24,7)8)31(45)33(49)41-25)42-36(52)43-27(37(2,3)4)23-44-28(46)20-38(5,6)21-29(44)47;1-4-14-27-23(32)21(30)18-13-11-9-7-5-6-8-10-12-17(26)24(33)29-15-16-19(25(16,2)3)20(29)22(31)28-18;2-1-3/h9,24-27,30-31H,1,10-23H2,2-8H3,(H,40,50)(H,41,49)(H2,42,43,52);4,16-20H,1,5-15,26H2,2-3H3,(H,27,32)(H,28,31);1H,(H,2,3)/t24-,25-,26-,27+,30-,31-;16-,17-,18-,19-,20-;/m00./s1. The van der Waals surface area contributed by atoms with Gasteiger partial charge in [-0.05, 0) is 71.0 Å². The van der Waals surface area contributed by atoms with Crippen molar-refractivity contribution in [3.05, 3.63) is 25.3 Å². The molecule has 0 radical (unpaired) electrons. The van der Waals surface area contributed by atoms with Crippen LogP contribution in [-0.4, -0.2) is 166 Å². The molecule has 2 aliphatic carbocycles. The van der Waals surface area contributed by atoms with E-state index < -0.39 is 88.4 Å². The number of carboxylic acid groups (broad SMARTS) is 1. The Kier molecular flexibility index (Phi) is 26.1. The predicted molar refractivity (Wildman–Crippen MR) is 331 cm³/mol. The average molecular weight is 1230 g/mol. The topological polar surface area (TPSA) is 333 Å². The largest absolute Gasteiger partial charge is 0.483 e. The number of imide groups is 1. The van der Waals surface area contributed by atoms with Gasteiger partial charge in [0.1, 0.15) is 18.1 Å². The lowest BCUT2D eigenvalue weighted by molar-refractivity contribution is -0.153. The zero-order valence-electron chi connectivity index (χ0n) is 53.9. The van der Waals surface area contributed by atoms with Crippen molar-refractivity contribution in [2.45, 2.75) is 233 Å². The molecule has 23 nitrogen and oxygen atoms in total. The molecule has 11 atom stereocenters. The van der Waals surface area contributed by atoms with Crippen LogP contribution in [0.2, 0.25) is 0 Å². The highest BCUT2D eigenvalue weighted by atomic mass is 16.3. The van der Waals surface area contributed by atoms with Crippen molar-refractivity contribution in [1.29, 1.82) is 0 Å². The second kappa shape index (κ2) is 31.8. The van der Waals surface area contributed by atoms with E-state index in [-0.39, 0.29) is 103 Å². The van der Waals surface area contributed by atoms with Gasteiger partial charge in [0.15, 0.2) is 0 Å². The maximum Gasteiger partial charge on any atom is 0.315 e. The molecule has 5 heterocycles. The fourth-order valence-electron chi connectivity index (χ4n) is 14.0. The average Bonchev–Trinajstić information content (AvgIpc) is 1.55. The Bertz CT molecular complexity index is 2560. The zero-order valence-corrected chi connectivity index (χ0v) is 53.9. The minimum Gasteiger partial charge on any atom is -0.483 e. The van der Waals surface area contributed by atoms with Crippen LogP contribution in [-0.2, 0) is 52.7 Å². The molecule has 7 aliphatic rings. The number of nitrogens with two attached hydrogens (primary N) is 1. The Morgan fingerprint density at radius 1 is 0.625 bits per heavy atom. The van der Waals surface area contributed by atoms with Crippen LogP contribution in [0.3, 0.4) is 0 Å². The molecule has 2 saturated carbocycles. The molecule has 7 fully saturated rings. The Morgan fingerprint density at radius 3 is 1.40 bits per heavy atom. The van der Waals surface area contributed by atoms with Gasteiger partial charge < -0.3 is 52.5 Å². The Labute approximate surface area is 520 Å². The number of nitrogens with one attached hydrogen (secondary N) is 6. The van der Waals surface area contributed by atoms with Gasteiger partial charge in [-0.15, -0.1) is 13.2 Å². The van der Waals surface area contributed by atoms with Gasteiger partial charge in [0.25, 0.3) is 18.3 Å². The van der Waals surface area contributed by atoms with E-state index in [1.54, 1.807) is 9.80 Å². The van der Waals surface area contributed by atoms with E-state index in [0.29, 0.717) is 51.6 Å². The first-order valence-corrected chi connectivity index (χ1v) is 32.2. The van der Waals surface area contributed by atoms with Crippen molar-refractivity contribution in [3.8, 4) is 0 Å². The summed E-state index contributed by atoms with van der Waals surface area (Å²) in [6.45, 7) is 25.9. The van der Waals surface area contributed by atoms with E-state index in [1.807, 2.05) is 34.6 Å². The molecular formula is C65H104N10O13. The highest BCUT2D eigenvalue weighted by molar-refractivity contribution is 6.39. The third-order valence-electron chi connectivity index (χ3n) is 19.5. The van der Waals surface area contributed by atoms with Crippen molar-refractivity contribution < 1.29 is 62.6 Å². The number of likely N-dealkylation sites (tertiary alicyclic amines) is 1. The smallest absolute Gasteiger partial charge is 0.315 e. The number of amides is 10. The van der Waals surface area contributed by atoms with E-state index in [9.17, 15) is 52.7 Å². The SMILES string of the molecule is C=CCNC(=O)C(=O)[C@@H]1CCCCCCCCC[C@H](N)C(=O)N2C[C@H]3[C@@H]([C@H]2C(=O)N1)C3(C)C.C=CCNC(=O)C(=O)[C@@H]1CCCCCCCCC[C@H](NC(=O)N[C@H](CN2C(=O)CC(C)(C)CC2=O)C(C)(C)C)C(=O)N2C[C@H]3[C@@H]([C@H]2C(=O)N1)C3(C)C.O=CO. The molecule has 0 bridgehead atoms. The molecule has 0 aromatic rings. The zero-order chi connectivity index (χ0) is 65.5. The summed E-state index contributed by atoms with van der Waals surface area (Å²) >= 11 is 0. The molecule has 23 heteroatoms. The van der Waals surface area contributed by atoms with E-state index in [2.05, 4.69) is 72.8 Å². The molecule has 0 unspecified atom stereocenters. The number of hydrogen-bond donors (Lipinski definition) is 8. The molecule has 7 rings (SSSR count). The molecule has 492 valence electrons. The van der Waals surface area contributed by atoms with Crippen LogP contribution in [0, 0.1) is 45.3 Å². The summed E-state index contributed by atoms with van der Waals surface area (Å²) in [6, 6.07) is -6.17. The summed E-state index contributed by atoms with van der Waals surface area (Å²) in [4.78, 5) is 159. The first-order valence-electron chi connectivity index (χ1n) is 32.2. The van der Waals surface area contributed by atoms with Crippen molar-refractivity contribution in [1.82, 2.24) is 46.6 Å². The highest BCUT2D eigenvalue weighted by Gasteiger charge is 2.71. The van der Waals surface area contributed by atoms with E-state index in [1.165, 1.54) is 17.1 Å². The molecular weight excluding hydrogens is 1130 g/mol. The maximum absolute atomic E-state index is 14.4. The summed E-state index contributed by atoms with van der Waals surface area (Å²) in [6.07, 6.45) is 17.9. The molecule has 0 spiro atoms. The molecule has 0 aromatic carbocycles. The van der Waals surface area contributed by atoms with Crippen molar-refractivity contribution >= 4 is 71.3 Å². The van der Waals surface area contributed by atoms with Crippen molar-refractivity contribution in [2.75, 3.05) is 32.7 Å². The number of Topliss-reactive ketones (excluding diaryl/α,β-unsaturated/α-hetero) is 2. The molecule has 5 aliphatic heterocycles. The fourth-order valence-corrected chi connectivity index (χ4v) is 14.0. The van der Waals surface area contributed by atoms with Gasteiger partial charge in [0.05, 0.1) is 24.2 Å².